The maximum atomic E-state index is 11.6. The fourth-order valence-electron chi connectivity index (χ4n) is 1.36. The molecule has 0 bridgehead atoms. The van der Waals surface area contributed by atoms with Crippen molar-refractivity contribution in [3.63, 3.8) is 0 Å². The first kappa shape index (κ1) is 13.3. The van der Waals surface area contributed by atoms with Crippen LogP contribution in [0, 0.1) is 17.2 Å². The Bertz CT molecular complexity index is 418. The molecular weight excluding hydrogens is 218 g/mol. The van der Waals surface area contributed by atoms with Gasteiger partial charge in [0.15, 0.2) is 0 Å². The van der Waals surface area contributed by atoms with Crippen LogP contribution in [-0.4, -0.2) is 28.6 Å². The maximum absolute atomic E-state index is 11.6. The molecule has 5 heteroatoms. The molecule has 1 amide bonds. The summed E-state index contributed by atoms with van der Waals surface area (Å²) in [6.07, 6.45) is 1.61. The zero-order valence-electron chi connectivity index (χ0n) is 10.0. The Morgan fingerprint density at radius 2 is 2.35 bits per heavy atom. The van der Waals surface area contributed by atoms with E-state index in [0.717, 1.165) is 0 Å². The van der Waals surface area contributed by atoms with Crippen molar-refractivity contribution < 1.29 is 9.90 Å². The minimum absolute atomic E-state index is 0.185. The summed E-state index contributed by atoms with van der Waals surface area (Å²) in [6, 6.07) is 3.41. The first-order chi connectivity index (χ1) is 8.04. The molecule has 1 heterocycles. The van der Waals surface area contributed by atoms with Crippen molar-refractivity contribution in [2.45, 2.75) is 26.4 Å². The topological polar surface area (TPSA) is 88.9 Å². The second-order valence-electron chi connectivity index (χ2n) is 4.27. The molecule has 1 atom stereocenters. The van der Waals surface area contributed by atoms with Crippen molar-refractivity contribution >= 4 is 5.91 Å². The Kier molecular flexibility index (Phi) is 4.73. The monoisotopic (exact) mass is 235 g/mol. The molecule has 0 spiro atoms. The third-order valence-electron chi connectivity index (χ3n) is 2.56. The van der Waals surface area contributed by atoms with E-state index in [-0.39, 0.29) is 11.8 Å². The lowest BCUT2D eigenvalue weighted by Gasteiger charge is -2.14. The van der Waals surface area contributed by atoms with Gasteiger partial charge in [-0.05, 0) is 18.4 Å². The van der Waals surface area contributed by atoms with Crippen LogP contribution in [0.3, 0.4) is 0 Å². The van der Waals surface area contributed by atoms with Crippen LogP contribution in [0.2, 0.25) is 0 Å². The fraction of sp³-hybridized carbons (Fsp3) is 0.500. The van der Waals surface area contributed by atoms with Gasteiger partial charge in [-0.2, -0.15) is 5.26 Å². The van der Waals surface area contributed by atoms with Gasteiger partial charge in [-0.1, -0.05) is 13.8 Å². The molecule has 0 fully saturated rings. The summed E-state index contributed by atoms with van der Waals surface area (Å²) in [5.74, 6) is -0.0527. The molecule has 0 aliphatic rings. The number of rotatable bonds is 5. The molecule has 0 saturated heterocycles. The van der Waals surface area contributed by atoms with Crippen molar-refractivity contribution in [3.05, 3.63) is 23.5 Å². The molecule has 0 radical (unpaired) electrons. The maximum Gasteiger partial charge on any atom is 0.252 e. The van der Waals surface area contributed by atoms with Crippen molar-refractivity contribution in [2.24, 2.45) is 5.92 Å². The number of nitriles is 1. The highest BCUT2D eigenvalue weighted by Gasteiger charge is 2.11. The number of hydrogen-bond acceptors (Lipinski definition) is 3. The molecule has 1 unspecified atom stereocenters. The number of aromatic amines is 1. The molecule has 92 valence electrons. The van der Waals surface area contributed by atoms with Gasteiger partial charge in [-0.3, -0.25) is 4.79 Å². The zero-order chi connectivity index (χ0) is 12.8. The Balaban J connectivity index is 2.38. The first-order valence-corrected chi connectivity index (χ1v) is 5.59. The standard InChI is InChI=1S/C12H17N3O2/c1-8(2)11(16)3-4-14-12(17)9-5-10(6-13)15-7-9/h5,7-8,11,15-16H,3-4H2,1-2H3,(H,14,17). The quantitative estimate of drug-likeness (QED) is 0.712. The Morgan fingerprint density at radius 3 is 2.88 bits per heavy atom. The number of aliphatic hydroxyl groups is 1. The lowest BCUT2D eigenvalue weighted by molar-refractivity contribution is 0.0920. The van der Waals surface area contributed by atoms with Gasteiger partial charge in [0.1, 0.15) is 11.8 Å². The van der Waals surface area contributed by atoms with Gasteiger partial charge in [-0.15, -0.1) is 0 Å². The third kappa shape index (κ3) is 3.93. The van der Waals surface area contributed by atoms with E-state index in [4.69, 9.17) is 5.26 Å². The Morgan fingerprint density at radius 1 is 1.65 bits per heavy atom. The van der Waals surface area contributed by atoms with Crippen molar-refractivity contribution in [1.82, 2.24) is 10.3 Å². The Labute approximate surface area is 100 Å². The van der Waals surface area contributed by atoms with Gasteiger partial charge in [0.25, 0.3) is 5.91 Å². The molecule has 3 N–H and O–H groups in total. The number of nitrogens with one attached hydrogen (secondary N) is 2. The molecule has 0 aromatic carbocycles. The minimum Gasteiger partial charge on any atom is -0.393 e. The number of carbonyl (C=O) groups is 1. The van der Waals surface area contributed by atoms with Crippen molar-refractivity contribution in [1.29, 1.82) is 5.26 Å². The number of nitrogens with zero attached hydrogens (tertiary/aromatic N) is 1. The van der Waals surface area contributed by atoms with Gasteiger partial charge in [0.05, 0.1) is 11.7 Å². The van der Waals surface area contributed by atoms with Gasteiger partial charge in [0, 0.05) is 12.7 Å². The predicted molar refractivity (Wildman–Crippen MR) is 63.3 cm³/mol. The van der Waals surface area contributed by atoms with Crippen molar-refractivity contribution in [2.75, 3.05) is 6.54 Å². The van der Waals surface area contributed by atoms with E-state index in [1.54, 1.807) is 0 Å². The van der Waals surface area contributed by atoms with Gasteiger partial charge in [-0.25, -0.2) is 0 Å². The molecular formula is C12H17N3O2. The number of aromatic nitrogens is 1. The van der Waals surface area contributed by atoms with Crippen LogP contribution in [0.15, 0.2) is 12.3 Å². The summed E-state index contributed by atoms with van der Waals surface area (Å²) in [6.45, 7) is 4.28. The summed E-state index contributed by atoms with van der Waals surface area (Å²) in [4.78, 5) is 14.3. The molecule has 1 aromatic rings. The number of amides is 1. The van der Waals surface area contributed by atoms with Gasteiger partial charge < -0.3 is 15.4 Å². The van der Waals surface area contributed by atoms with E-state index < -0.39 is 6.10 Å². The lowest BCUT2D eigenvalue weighted by Crippen LogP contribution is -2.28. The summed E-state index contributed by atoms with van der Waals surface area (Å²) in [7, 11) is 0. The van der Waals surface area contributed by atoms with Gasteiger partial charge >= 0.3 is 0 Å². The highest BCUT2D eigenvalue weighted by Crippen LogP contribution is 2.05. The first-order valence-electron chi connectivity index (χ1n) is 5.59. The summed E-state index contributed by atoms with van der Waals surface area (Å²) < 4.78 is 0. The van der Waals surface area contributed by atoms with Crippen LogP contribution < -0.4 is 5.32 Å². The van der Waals surface area contributed by atoms with Crippen LogP contribution in [0.25, 0.3) is 0 Å². The van der Waals surface area contributed by atoms with E-state index in [1.807, 2.05) is 19.9 Å². The van der Waals surface area contributed by atoms with Gasteiger partial charge in [0.2, 0.25) is 0 Å². The average Bonchev–Trinajstić information content (AvgIpc) is 2.77. The van der Waals surface area contributed by atoms with Crippen LogP contribution in [0.5, 0.6) is 0 Å². The smallest absolute Gasteiger partial charge is 0.252 e. The molecule has 5 nitrogen and oxygen atoms in total. The largest absolute Gasteiger partial charge is 0.393 e. The third-order valence-corrected chi connectivity index (χ3v) is 2.56. The molecule has 0 aliphatic heterocycles. The molecule has 1 rings (SSSR count). The van der Waals surface area contributed by atoms with E-state index in [0.29, 0.717) is 24.2 Å². The van der Waals surface area contributed by atoms with Crippen LogP contribution >= 0.6 is 0 Å². The molecule has 0 aliphatic carbocycles. The van der Waals surface area contributed by atoms with E-state index in [9.17, 15) is 9.90 Å². The van der Waals surface area contributed by atoms with E-state index in [2.05, 4.69) is 10.3 Å². The lowest BCUT2D eigenvalue weighted by atomic mass is 10.0. The molecule has 0 saturated carbocycles. The summed E-state index contributed by atoms with van der Waals surface area (Å²) >= 11 is 0. The van der Waals surface area contributed by atoms with Crippen LogP contribution in [-0.2, 0) is 0 Å². The number of aliphatic hydroxyl groups excluding tert-OH is 1. The summed E-state index contributed by atoms with van der Waals surface area (Å²) in [5, 5.41) is 20.8. The fourth-order valence-corrected chi connectivity index (χ4v) is 1.36. The highest BCUT2D eigenvalue weighted by molar-refractivity contribution is 5.94. The highest BCUT2D eigenvalue weighted by atomic mass is 16.3. The van der Waals surface area contributed by atoms with Crippen LogP contribution in [0.4, 0.5) is 0 Å². The zero-order valence-corrected chi connectivity index (χ0v) is 10.0. The SMILES string of the molecule is CC(C)C(O)CCNC(=O)c1c[nH]c(C#N)c1. The molecule has 1 aromatic heterocycles. The number of hydrogen-bond donors (Lipinski definition) is 3. The number of H-pyrrole nitrogens is 1. The Hall–Kier alpha value is -1.80. The minimum atomic E-state index is -0.406. The van der Waals surface area contributed by atoms with Crippen molar-refractivity contribution in [3.8, 4) is 6.07 Å². The van der Waals surface area contributed by atoms with E-state index in [1.165, 1.54) is 12.3 Å². The predicted octanol–water partition coefficient (Wildman–Crippen LogP) is 1.02. The van der Waals surface area contributed by atoms with E-state index >= 15 is 0 Å². The second-order valence-corrected chi connectivity index (χ2v) is 4.27. The average molecular weight is 235 g/mol. The molecule has 17 heavy (non-hydrogen) atoms. The summed E-state index contributed by atoms with van der Waals surface area (Å²) in [5.41, 5.74) is 0.790. The normalized spacial score (nSPS) is 12.2. The number of carbonyl (C=O) groups excluding carboxylic acids is 1. The van der Waals surface area contributed by atoms with Crippen LogP contribution in [0.1, 0.15) is 36.3 Å². The second kappa shape index (κ2) is 6.06.